The molecule has 0 heterocycles. The molecule has 0 radical (unpaired) electrons. The summed E-state index contributed by atoms with van der Waals surface area (Å²) >= 11 is 0. The fourth-order valence-electron chi connectivity index (χ4n) is 2.77. The van der Waals surface area contributed by atoms with E-state index in [4.69, 9.17) is 0 Å². The molecule has 0 saturated carbocycles. The Labute approximate surface area is 118 Å². The van der Waals surface area contributed by atoms with Gasteiger partial charge >= 0.3 is 6.18 Å². The molecular formula is C16H22F3N. The average molecular weight is 285 g/mol. The minimum absolute atomic E-state index is 0.434. The van der Waals surface area contributed by atoms with Gasteiger partial charge in [-0.15, -0.1) is 0 Å². The standard InChI is InChI=1S/C16H22F3N/c1-2-3-10-20-15-8-5-12-4-7-14(16(17,18)19)11-13(12)6-9-15/h4,7,11,15,20H,2-3,5-6,8-10H2,1H3. The van der Waals surface area contributed by atoms with Crippen molar-refractivity contribution in [2.75, 3.05) is 6.54 Å². The first kappa shape index (κ1) is 15.4. The maximum Gasteiger partial charge on any atom is 0.416 e. The number of rotatable bonds is 4. The van der Waals surface area contributed by atoms with E-state index in [1.165, 1.54) is 12.1 Å². The molecule has 0 fully saturated rings. The SMILES string of the molecule is CCCCNC1CCc2ccc(C(F)(F)F)cc2CC1. The van der Waals surface area contributed by atoms with Gasteiger partial charge in [0.25, 0.3) is 0 Å². The predicted molar refractivity (Wildman–Crippen MR) is 74.8 cm³/mol. The molecule has 1 nitrogen and oxygen atoms in total. The zero-order chi connectivity index (χ0) is 14.6. The molecule has 1 aromatic rings. The van der Waals surface area contributed by atoms with E-state index in [0.717, 1.165) is 56.2 Å². The van der Waals surface area contributed by atoms with Crippen LogP contribution in [-0.2, 0) is 19.0 Å². The van der Waals surface area contributed by atoms with Crippen molar-refractivity contribution in [3.8, 4) is 0 Å². The van der Waals surface area contributed by atoms with E-state index < -0.39 is 11.7 Å². The Balaban J connectivity index is 2.02. The van der Waals surface area contributed by atoms with Crippen molar-refractivity contribution < 1.29 is 13.2 Å². The van der Waals surface area contributed by atoms with Crippen molar-refractivity contribution in [3.63, 3.8) is 0 Å². The van der Waals surface area contributed by atoms with E-state index in [9.17, 15) is 13.2 Å². The van der Waals surface area contributed by atoms with Gasteiger partial charge in [0.15, 0.2) is 0 Å². The second kappa shape index (κ2) is 6.61. The van der Waals surface area contributed by atoms with Crippen molar-refractivity contribution in [1.29, 1.82) is 0 Å². The summed E-state index contributed by atoms with van der Waals surface area (Å²) in [6, 6.07) is 4.64. The van der Waals surface area contributed by atoms with Gasteiger partial charge in [-0.05, 0) is 61.9 Å². The molecule has 1 aliphatic rings. The van der Waals surface area contributed by atoms with Gasteiger partial charge in [-0.3, -0.25) is 0 Å². The molecule has 20 heavy (non-hydrogen) atoms. The molecule has 0 amide bonds. The zero-order valence-corrected chi connectivity index (χ0v) is 11.9. The van der Waals surface area contributed by atoms with E-state index in [1.54, 1.807) is 6.07 Å². The molecule has 0 aliphatic heterocycles. The van der Waals surface area contributed by atoms with Crippen LogP contribution in [0.15, 0.2) is 18.2 Å². The summed E-state index contributed by atoms with van der Waals surface area (Å²) in [5, 5.41) is 3.52. The second-order valence-corrected chi connectivity index (χ2v) is 5.56. The Morgan fingerprint density at radius 3 is 2.50 bits per heavy atom. The first-order chi connectivity index (χ1) is 9.50. The fraction of sp³-hybridized carbons (Fsp3) is 0.625. The van der Waals surface area contributed by atoms with Crippen LogP contribution in [0.25, 0.3) is 0 Å². The van der Waals surface area contributed by atoms with Crippen molar-refractivity contribution in [1.82, 2.24) is 5.32 Å². The largest absolute Gasteiger partial charge is 0.416 e. The van der Waals surface area contributed by atoms with Gasteiger partial charge in [-0.2, -0.15) is 13.2 Å². The first-order valence-corrected chi connectivity index (χ1v) is 7.43. The lowest BCUT2D eigenvalue weighted by molar-refractivity contribution is -0.137. The van der Waals surface area contributed by atoms with Crippen LogP contribution in [0.2, 0.25) is 0 Å². The Morgan fingerprint density at radius 2 is 1.85 bits per heavy atom. The quantitative estimate of drug-likeness (QED) is 0.641. The summed E-state index contributed by atoms with van der Waals surface area (Å²) in [6.45, 7) is 3.16. The van der Waals surface area contributed by atoms with Crippen LogP contribution in [0.3, 0.4) is 0 Å². The summed E-state index contributed by atoms with van der Waals surface area (Å²) in [5.41, 5.74) is 1.44. The lowest BCUT2D eigenvalue weighted by atomic mass is 10.00. The van der Waals surface area contributed by atoms with Crippen LogP contribution in [-0.4, -0.2) is 12.6 Å². The van der Waals surface area contributed by atoms with Crippen molar-refractivity contribution in [2.24, 2.45) is 0 Å². The van der Waals surface area contributed by atoms with Crippen LogP contribution in [0.5, 0.6) is 0 Å². The fourth-order valence-corrected chi connectivity index (χ4v) is 2.77. The predicted octanol–water partition coefficient (Wildman–Crippen LogP) is 4.34. The molecule has 4 heteroatoms. The molecule has 0 saturated heterocycles. The van der Waals surface area contributed by atoms with Crippen LogP contribution < -0.4 is 5.32 Å². The lowest BCUT2D eigenvalue weighted by Crippen LogP contribution is -2.30. The van der Waals surface area contributed by atoms with E-state index >= 15 is 0 Å². The smallest absolute Gasteiger partial charge is 0.314 e. The number of nitrogens with one attached hydrogen (secondary N) is 1. The third kappa shape index (κ3) is 3.98. The minimum Gasteiger partial charge on any atom is -0.314 e. The topological polar surface area (TPSA) is 12.0 Å². The van der Waals surface area contributed by atoms with Crippen molar-refractivity contribution >= 4 is 0 Å². The van der Waals surface area contributed by atoms with E-state index in [0.29, 0.717) is 6.04 Å². The molecule has 1 atom stereocenters. The van der Waals surface area contributed by atoms with Gasteiger partial charge in [0.05, 0.1) is 5.56 Å². The number of benzene rings is 1. The van der Waals surface area contributed by atoms with Gasteiger partial charge in [0.1, 0.15) is 0 Å². The Morgan fingerprint density at radius 1 is 1.15 bits per heavy atom. The van der Waals surface area contributed by atoms with E-state index in [-0.39, 0.29) is 0 Å². The Hall–Kier alpha value is -1.03. The van der Waals surface area contributed by atoms with Crippen molar-refractivity contribution in [3.05, 3.63) is 34.9 Å². The zero-order valence-electron chi connectivity index (χ0n) is 11.9. The normalized spacial score (nSPS) is 19.5. The van der Waals surface area contributed by atoms with Crippen LogP contribution >= 0.6 is 0 Å². The highest BCUT2D eigenvalue weighted by Gasteiger charge is 2.31. The number of alkyl halides is 3. The van der Waals surface area contributed by atoms with Crippen molar-refractivity contribution in [2.45, 2.75) is 57.7 Å². The highest BCUT2D eigenvalue weighted by molar-refractivity contribution is 5.34. The number of aryl methyl sites for hydroxylation is 2. The number of unbranched alkanes of at least 4 members (excludes halogenated alkanes) is 1. The van der Waals surface area contributed by atoms with Gasteiger partial charge in [0.2, 0.25) is 0 Å². The highest BCUT2D eigenvalue weighted by Crippen LogP contribution is 2.32. The third-order valence-electron chi connectivity index (χ3n) is 4.02. The van der Waals surface area contributed by atoms with Crippen LogP contribution in [0, 0.1) is 0 Å². The molecule has 0 spiro atoms. The molecular weight excluding hydrogens is 263 g/mol. The third-order valence-corrected chi connectivity index (χ3v) is 4.02. The van der Waals surface area contributed by atoms with Crippen LogP contribution in [0.4, 0.5) is 13.2 Å². The molecule has 1 N–H and O–H groups in total. The Bertz CT molecular complexity index is 440. The second-order valence-electron chi connectivity index (χ2n) is 5.56. The molecule has 2 rings (SSSR count). The van der Waals surface area contributed by atoms with E-state index in [2.05, 4.69) is 12.2 Å². The summed E-state index contributed by atoms with van der Waals surface area (Å²) in [7, 11) is 0. The molecule has 1 aliphatic carbocycles. The maximum absolute atomic E-state index is 12.7. The van der Waals surface area contributed by atoms with Gasteiger partial charge in [-0.25, -0.2) is 0 Å². The van der Waals surface area contributed by atoms with Gasteiger partial charge < -0.3 is 5.32 Å². The number of hydrogen-bond acceptors (Lipinski definition) is 1. The van der Waals surface area contributed by atoms with Gasteiger partial charge in [-0.1, -0.05) is 19.4 Å². The monoisotopic (exact) mass is 285 g/mol. The highest BCUT2D eigenvalue weighted by atomic mass is 19.4. The first-order valence-electron chi connectivity index (χ1n) is 7.43. The molecule has 112 valence electrons. The Kier molecular flexibility index (Phi) is 5.08. The molecule has 1 aromatic carbocycles. The number of halogens is 3. The summed E-state index contributed by atoms with van der Waals surface area (Å²) < 4.78 is 38.2. The number of fused-ring (bicyclic) bond motifs is 1. The molecule has 0 bridgehead atoms. The summed E-state index contributed by atoms with van der Waals surface area (Å²) in [4.78, 5) is 0. The summed E-state index contributed by atoms with van der Waals surface area (Å²) in [5.74, 6) is 0. The summed E-state index contributed by atoms with van der Waals surface area (Å²) in [6.07, 6.45) is 1.64. The molecule has 0 aromatic heterocycles. The number of hydrogen-bond donors (Lipinski definition) is 1. The van der Waals surface area contributed by atoms with Gasteiger partial charge in [0, 0.05) is 6.04 Å². The lowest BCUT2D eigenvalue weighted by Gasteiger charge is -2.15. The molecule has 1 unspecified atom stereocenters. The van der Waals surface area contributed by atoms with E-state index in [1.807, 2.05) is 0 Å². The minimum atomic E-state index is -4.24. The average Bonchev–Trinajstić information content (AvgIpc) is 2.60. The maximum atomic E-state index is 12.7. The van der Waals surface area contributed by atoms with Crippen LogP contribution in [0.1, 0.15) is 49.3 Å².